The van der Waals surface area contributed by atoms with Crippen LogP contribution in [0.5, 0.6) is 0 Å². The van der Waals surface area contributed by atoms with Crippen LogP contribution in [0.4, 0.5) is 0 Å². The van der Waals surface area contributed by atoms with Crippen LogP contribution in [0.15, 0.2) is 0 Å². The third-order valence-electron chi connectivity index (χ3n) is 5.37. The van der Waals surface area contributed by atoms with Gasteiger partial charge in [0.05, 0.1) is 0 Å². The maximum Gasteiger partial charge on any atom is 0.248 e. The van der Waals surface area contributed by atoms with Crippen LogP contribution in [0.25, 0.3) is 0 Å². The highest BCUT2D eigenvalue weighted by molar-refractivity contribution is 5.89. The van der Waals surface area contributed by atoms with Gasteiger partial charge < -0.3 is 14.5 Å². The maximum atomic E-state index is 12.7. The summed E-state index contributed by atoms with van der Waals surface area (Å²) in [4.78, 5) is 40.0. The summed E-state index contributed by atoms with van der Waals surface area (Å²) in [7, 11) is 1.51. The summed E-state index contributed by atoms with van der Waals surface area (Å²) in [5.74, 6) is 0.809. The average molecular weight is 308 g/mol. The molecule has 2 aliphatic carbocycles. The second-order valence-electron chi connectivity index (χ2n) is 6.68. The zero-order valence-corrected chi connectivity index (χ0v) is 13.1. The number of hydrogen-bond acceptors (Lipinski definition) is 4. The quantitative estimate of drug-likeness (QED) is 0.752. The van der Waals surface area contributed by atoms with Crippen LogP contribution in [0.1, 0.15) is 25.7 Å². The predicted molar refractivity (Wildman–Crippen MR) is 79.0 cm³/mol. The number of carbonyl (C=O) groups excluding carboxylic acids is 3. The molecule has 3 rings (SSSR count). The van der Waals surface area contributed by atoms with E-state index in [0.29, 0.717) is 32.0 Å². The molecule has 2 amide bonds. The molecule has 3 fully saturated rings. The van der Waals surface area contributed by atoms with Gasteiger partial charge in [0, 0.05) is 51.0 Å². The Bertz CT molecular complexity index is 455. The van der Waals surface area contributed by atoms with Gasteiger partial charge in [0.1, 0.15) is 12.4 Å². The summed E-state index contributed by atoms with van der Waals surface area (Å²) < 4.78 is 4.86. The van der Waals surface area contributed by atoms with E-state index in [0.717, 1.165) is 25.7 Å². The van der Waals surface area contributed by atoms with Gasteiger partial charge in [-0.3, -0.25) is 14.4 Å². The van der Waals surface area contributed by atoms with E-state index in [2.05, 4.69) is 0 Å². The van der Waals surface area contributed by atoms with Crippen molar-refractivity contribution in [2.45, 2.75) is 25.7 Å². The first-order valence-electron chi connectivity index (χ1n) is 8.19. The van der Waals surface area contributed by atoms with Gasteiger partial charge in [0.15, 0.2) is 0 Å². The first-order valence-corrected chi connectivity index (χ1v) is 8.19. The average Bonchev–Trinajstić information content (AvgIpc) is 2.76. The van der Waals surface area contributed by atoms with Gasteiger partial charge >= 0.3 is 0 Å². The number of nitrogens with zero attached hydrogens (tertiary/aromatic N) is 2. The molecule has 2 unspecified atom stereocenters. The lowest BCUT2D eigenvalue weighted by Crippen LogP contribution is -2.53. The van der Waals surface area contributed by atoms with E-state index in [4.69, 9.17) is 4.74 Å². The third-order valence-corrected chi connectivity index (χ3v) is 5.37. The number of piperazine rings is 1. The largest absolute Gasteiger partial charge is 0.375 e. The maximum absolute atomic E-state index is 12.7. The van der Waals surface area contributed by atoms with Crippen molar-refractivity contribution in [1.29, 1.82) is 0 Å². The fraction of sp³-hybridized carbons (Fsp3) is 0.812. The van der Waals surface area contributed by atoms with Crippen LogP contribution < -0.4 is 0 Å². The van der Waals surface area contributed by atoms with Crippen LogP contribution >= 0.6 is 0 Å². The number of amides is 2. The number of hydrogen-bond donors (Lipinski definition) is 0. The lowest BCUT2D eigenvalue weighted by Gasteiger charge is -2.37. The highest BCUT2D eigenvalue weighted by Gasteiger charge is 2.44. The monoisotopic (exact) mass is 308 g/mol. The smallest absolute Gasteiger partial charge is 0.248 e. The number of ketones is 1. The summed E-state index contributed by atoms with van der Waals surface area (Å²) in [6.45, 7) is 2.43. The summed E-state index contributed by atoms with van der Waals surface area (Å²) in [6.07, 6.45) is 3.40. The van der Waals surface area contributed by atoms with E-state index in [-0.39, 0.29) is 36.2 Å². The van der Waals surface area contributed by atoms with Crippen molar-refractivity contribution in [3.63, 3.8) is 0 Å². The zero-order chi connectivity index (χ0) is 15.7. The van der Waals surface area contributed by atoms with Gasteiger partial charge in [0.25, 0.3) is 0 Å². The van der Waals surface area contributed by atoms with E-state index in [1.807, 2.05) is 4.90 Å². The molecule has 0 aromatic rings. The van der Waals surface area contributed by atoms with Gasteiger partial charge in [-0.2, -0.15) is 0 Å². The van der Waals surface area contributed by atoms with Crippen molar-refractivity contribution in [1.82, 2.24) is 9.80 Å². The van der Waals surface area contributed by atoms with Crippen LogP contribution in [0, 0.1) is 17.8 Å². The molecule has 6 nitrogen and oxygen atoms in total. The number of Topliss-reactive ketones (excluding diaryl/α,β-unsaturated/α-hetero) is 1. The summed E-state index contributed by atoms with van der Waals surface area (Å²) in [5.41, 5.74) is 0. The van der Waals surface area contributed by atoms with E-state index < -0.39 is 0 Å². The molecule has 0 N–H and O–H groups in total. The zero-order valence-electron chi connectivity index (χ0n) is 13.1. The minimum absolute atomic E-state index is 0.0106. The molecule has 1 aliphatic heterocycles. The number of methoxy groups -OCH3 is 1. The van der Waals surface area contributed by atoms with Gasteiger partial charge in [-0.25, -0.2) is 0 Å². The molecular formula is C16H24N2O4. The Labute approximate surface area is 130 Å². The van der Waals surface area contributed by atoms with Crippen molar-refractivity contribution in [2.75, 3.05) is 39.9 Å². The summed E-state index contributed by atoms with van der Waals surface area (Å²) in [5, 5.41) is 0. The molecule has 122 valence electrons. The van der Waals surface area contributed by atoms with Gasteiger partial charge in [-0.15, -0.1) is 0 Å². The van der Waals surface area contributed by atoms with Crippen molar-refractivity contribution in [2.24, 2.45) is 17.8 Å². The second kappa shape index (κ2) is 6.36. The molecule has 3 aliphatic rings. The molecule has 6 heteroatoms. The Morgan fingerprint density at radius 1 is 1.05 bits per heavy atom. The third kappa shape index (κ3) is 2.89. The van der Waals surface area contributed by atoms with Crippen molar-refractivity contribution in [3.05, 3.63) is 0 Å². The predicted octanol–water partition coefficient (Wildman–Crippen LogP) is 0.309. The second-order valence-corrected chi connectivity index (χ2v) is 6.68. The van der Waals surface area contributed by atoms with Gasteiger partial charge in [-0.05, 0) is 25.7 Å². The highest BCUT2D eigenvalue weighted by Crippen LogP contribution is 2.42. The first-order chi connectivity index (χ1) is 10.6. The summed E-state index contributed by atoms with van der Waals surface area (Å²) >= 11 is 0. The minimum atomic E-state index is -0.0177. The van der Waals surface area contributed by atoms with Crippen LogP contribution in [-0.4, -0.2) is 67.3 Å². The molecule has 0 radical (unpaired) electrons. The molecule has 1 saturated heterocycles. The molecule has 2 atom stereocenters. The molecule has 2 saturated carbocycles. The minimum Gasteiger partial charge on any atom is -0.375 e. The molecule has 0 spiro atoms. The van der Waals surface area contributed by atoms with Crippen LogP contribution in [0.2, 0.25) is 0 Å². The van der Waals surface area contributed by atoms with Crippen LogP contribution in [0.3, 0.4) is 0 Å². The van der Waals surface area contributed by atoms with E-state index in [1.54, 1.807) is 4.90 Å². The number of carbonyl (C=O) groups is 3. The fourth-order valence-electron chi connectivity index (χ4n) is 4.12. The van der Waals surface area contributed by atoms with Gasteiger partial charge in [0.2, 0.25) is 11.8 Å². The lowest BCUT2D eigenvalue weighted by atomic mass is 9.79. The molecular weight excluding hydrogens is 284 g/mol. The molecule has 22 heavy (non-hydrogen) atoms. The first kappa shape index (κ1) is 15.5. The van der Waals surface area contributed by atoms with E-state index >= 15 is 0 Å². The Morgan fingerprint density at radius 2 is 1.59 bits per heavy atom. The Morgan fingerprint density at radius 3 is 2.14 bits per heavy atom. The van der Waals surface area contributed by atoms with E-state index in [9.17, 15) is 14.4 Å². The van der Waals surface area contributed by atoms with Crippen molar-refractivity contribution in [3.8, 4) is 0 Å². The SMILES string of the molecule is COCC(=O)N1CCN(C(=O)C2CC3CCC(C2)C3=O)CC1. The molecule has 0 aromatic heterocycles. The molecule has 2 bridgehead atoms. The van der Waals surface area contributed by atoms with Crippen molar-refractivity contribution < 1.29 is 19.1 Å². The van der Waals surface area contributed by atoms with Gasteiger partial charge in [-0.1, -0.05) is 0 Å². The van der Waals surface area contributed by atoms with Crippen molar-refractivity contribution >= 4 is 17.6 Å². The Hall–Kier alpha value is -1.43. The number of ether oxygens (including phenoxy) is 1. The Balaban J connectivity index is 1.52. The molecule has 1 heterocycles. The highest BCUT2D eigenvalue weighted by atomic mass is 16.5. The summed E-state index contributed by atoms with van der Waals surface area (Å²) in [6, 6.07) is 0. The molecule has 0 aromatic carbocycles. The van der Waals surface area contributed by atoms with E-state index in [1.165, 1.54) is 7.11 Å². The number of rotatable bonds is 3. The van der Waals surface area contributed by atoms with Crippen LogP contribution in [-0.2, 0) is 19.1 Å². The topological polar surface area (TPSA) is 66.9 Å². The number of fused-ring (bicyclic) bond motifs is 2. The lowest BCUT2D eigenvalue weighted by molar-refractivity contribution is -0.146. The fourth-order valence-corrected chi connectivity index (χ4v) is 4.12. The normalized spacial score (nSPS) is 31.5. The standard InChI is InChI=1S/C16H24N2O4/c1-22-10-14(19)17-4-6-18(7-5-17)16(21)13-8-11-2-3-12(9-13)15(11)20/h11-13H,2-10H2,1H3. The Kier molecular flexibility index (Phi) is 4.47.